The van der Waals surface area contributed by atoms with Gasteiger partial charge in [0.2, 0.25) is 0 Å². The van der Waals surface area contributed by atoms with Crippen molar-refractivity contribution in [1.29, 1.82) is 0 Å². The fourth-order valence-corrected chi connectivity index (χ4v) is 2.64. The Morgan fingerprint density at radius 3 is 2.33 bits per heavy atom. The quantitative estimate of drug-likeness (QED) is 0.830. The lowest BCUT2D eigenvalue weighted by Gasteiger charge is -2.33. The summed E-state index contributed by atoms with van der Waals surface area (Å²) >= 11 is 0. The summed E-state index contributed by atoms with van der Waals surface area (Å²) in [6.45, 7) is 4.18. The molecule has 1 saturated carbocycles. The number of likely N-dealkylation sites (tertiary alicyclic amines) is 1. The van der Waals surface area contributed by atoms with Crippen molar-refractivity contribution in [2.45, 2.75) is 26.2 Å². The third-order valence-corrected chi connectivity index (χ3v) is 4.23. The highest BCUT2D eigenvalue weighted by molar-refractivity contribution is 5.75. The summed E-state index contributed by atoms with van der Waals surface area (Å²) in [4.78, 5) is 26.6. The molecule has 2 rings (SSSR count). The molecule has 102 valence electrons. The standard InChI is InChI=1S/C13H22N2O3/c1-9-7-11(9)8-14(2)13(18)15-5-3-10(4-6-15)12(16)17/h9-11H,3-8H2,1-2H3,(H,16,17). The minimum Gasteiger partial charge on any atom is -0.481 e. The van der Waals surface area contributed by atoms with Gasteiger partial charge in [-0.05, 0) is 31.1 Å². The number of nitrogens with zero attached hydrogens (tertiary/aromatic N) is 2. The maximum Gasteiger partial charge on any atom is 0.319 e. The number of hydrogen-bond donors (Lipinski definition) is 1. The van der Waals surface area contributed by atoms with E-state index in [4.69, 9.17) is 5.11 Å². The summed E-state index contributed by atoms with van der Waals surface area (Å²) < 4.78 is 0. The van der Waals surface area contributed by atoms with E-state index >= 15 is 0 Å². The van der Waals surface area contributed by atoms with Gasteiger partial charge in [0.1, 0.15) is 0 Å². The molecule has 0 aromatic rings. The molecule has 1 N–H and O–H groups in total. The van der Waals surface area contributed by atoms with E-state index in [-0.39, 0.29) is 11.9 Å². The maximum absolute atomic E-state index is 12.1. The van der Waals surface area contributed by atoms with Gasteiger partial charge in [0.25, 0.3) is 0 Å². The summed E-state index contributed by atoms with van der Waals surface area (Å²) in [7, 11) is 1.84. The predicted octanol–water partition coefficient (Wildman–Crippen LogP) is 1.49. The molecule has 1 aliphatic heterocycles. The van der Waals surface area contributed by atoms with E-state index in [9.17, 15) is 9.59 Å². The molecular weight excluding hydrogens is 232 g/mol. The van der Waals surface area contributed by atoms with Gasteiger partial charge in [0.05, 0.1) is 5.92 Å². The van der Waals surface area contributed by atoms with Gasteiger partial charge in [-0.1, -0.05) is 6.92 Å². The van der Waals surface area contributed by atoms with E-state index in [0.29, 0.717) is 31.8 Å². The number of carbonyl (C=O) groups is 2. The minimum absolute atomic E-state index is 0.0536. The van der Waals surface area contributed by atoms with Gasteiger partial charge in [-0.2, -0.15) is 0 Å². The van der Waals surface area contributed by atoms with Crippen molar-refractivity contribution in [3.05, 3.63) is 0 Å². The fraction of sp³-hybridized carbons (Fsp3) is 0.846. The van der Waals surface area contributed by atoms with Gasteiger partial charge in [-0.3, -0.25) is 4.79 Å². The van der Waals surface area contributed by atoms with Crippen molar-refractivity contribution in [3.63, 3.8) is 0 Å². The van der Waals surface area contributed by atoms with E-state index in [1.807, 2.05) is 7.05 Å². The average Bonchev–Trinajstić information content (AvgIpc) is 3.04. The molecule has 1 saturated heterocycles. The van der Waals surface area contributed by atoms with Crippen LogP contribution in [-0.4, -0.2) is 53.6 Å². The number of rotatable bonds is 3. The third kappa shape index (κ3) is 2.94. The molecule has 0 spiro atoms. The molecule has 0 aromatic carbocycles. The summed E-state index contributed by atoms with van der Waals surface area (Å²) in [5.41, 5.74) is 0. The summed E-state index contributed by atoms with van der Waals surface area (Å²) in [6, 6.07) is 0.0536. The van der Waals surface area contributed by atoms with Gasteiger partial charge < -0.3 is 14.9 Å². The second kappa shape index (κ2) is 5.16. The first-order valence-corrected chi connectivity index (χ1v) is 6.72. The molecule has 5 heteroatoms. The van der Waals surface area contributed by atoms with Gasteiger partial charge >= 0.3 is 12.0 Å². The van der Waals surface area contributed by atoms with E-state index in [2.05, 4.69) is 6.92 Å². The van der Waals surface area contributed by atoms with E-state index < -0.39 is 5.97 Å². The van der Waals surface area contributed by atoms with Crippen molar-refractivity contribution in [2.75, 3.05) is 26.7 Å². The number of amides is 2. The van der Waals surface area contributed by atoms with Crippen LogP contribution < -0.4 is 0 Å². The van der Waals surface area contributed by atoms with Gasteiger partial charge in [-0.15, -0.1) is 0 Å². The van der Waals surface area contributed by atoms with Crippen LogP contribution in [0.5, 0.6) is 0 Å². The maximum atomic E-state index is 12.1. The van der Waals surface area contributed by atoms with E-state index in [1.54, 1.807) is 9.80 Å². The van der Waals surface area contributed by atoms with Crippen LogP contribution >= 0.6 is 0 Å². The molecule has 5 nitrogen and oxygen atoms in total. The van der Waals surface area contributed by atoms with Crippen molar-refractivity contribution >= 4 is 12.0 Å². The Balaban J connectivity index is 1.78. The van der Waals surface area contributed by atoms with Crippen LogP contribution in [0.1, 0.15) is 26.2 Å². The Morgan fingerprint density at radius 1 is 1.33 bits per heavy atom. The minimum atomic E-state index is -0.734. The molecule has 1 aliphatic carbocycles. The van der Waals surface area contributed by atoms with Gasteiger partial charge in [0, 0.05) is 26.7 Å². The highest BCUT2D eigenvalue weighted by atomic mass is 16.4. The Bertz CT molecular complexity index is 337. The molecule has 2 fully saturated rings. The zero-order chi connectivity index (χ0) is 13.3. The van der Waals surface area contributed by atoms with Crippen molar-refractivity contribution in [2.24, 2.45) is 17.8 Å². The van der Waals surface area contributed by atoms with Crippen LogP contribution in [0.4, 0.5) is 4.79 Å². The first-order valence-electron chi connectivity index (χ1n) is 6.72. The largest absolute Gasteiger partial charge is 0.481 e. The molecule has 1 heterocycles. The summed E-state index contributed by atoms with van der Waals surface area (Å²) in [5, 5.41) is 8.91. The highest BCUT2D eigenvalue weighted by Gasteiger charge is 2.35. The Kier molecular flexibility index (Phi) is 3.78. The Morgan fingerprint density at radius 2 is 1.89 bits per heavy atom. The number of carbonyl (C=O) groups excluding carboxylic acids is 1. The molecule has 18 heavy (non-hydrogen) atoms. The molecule has 0 bridgehead atoms. The first-order chi connectivity index (χ1) is 8.49. The van der Waals surface area contributed by atoms with Crippen LogP contribution in [0.2, 0.25) is 0 Å². The van der Waals surface area contributed by atoms with Crippen molar-refractivity contribution in [3.8, 4) is 0 Å². The number of carboxylic acids is 1. The summed E-state index contributed by atoms with van der Waals surface area (Å²) in [5.74, 6) is 0.401. The van der Waals surface area contributed by atoms with E-state index in [1.165, 1.54) is 6.42 Å². The van der Waals surface area contributed by atoms with Gasteiger partial charge in [-0.25, -0.2) is 4.79 Å². The molecule has 2 unspecified atom stereocenters. The number of urea groups is 1. The zero-order valence-corrected chi connectivity index (χ0v) is 11.1. The Labute approximate surface area is 108 Å². The van der Waals surface area contributed by atoms with Crippen LogP contribution in [0.25, 0.3) is 0 Å². The van der Waals surface area contributed by atoms with Crippen LogP contribution in [-0.2, 0) is 4.79 Å². The van der Waals surface area contributed by atoms with Crippen LogP contribution in [0, 0.1) is 17.8 Å². The number of hydrogen-bond acceptors (Lipinski definition) is 2. The van der Waals surface area contributed by atoms with E-state index in [0.717, 1.165) is 12.5 Å². The predicted molar refractivity (Wildman–Crippen MR) is 67.2 cm³/mol. The number of piperidine rings is 1. The SMILES string of the molecule is CC1CC1CN(C)C(=O)N1CCC(C(=O)O)CC1. The lowest BCUT2D eigenvalue weighted by molar-refractivity contribution is -0.143. The lowest BCUT2D eigenvalue weighted by Crippen LogP contribution is -2.46. The highest BCUT2D eigenvalue weighted by Crippen LogP contribution is 2.38. The van der Waals surface area contributed by atoms with Crippen LogP contribution in [0.15, 0.2) is 0 Å². The van der Waals surface area contributed by atoms with Crippen molar-refractivity contribution < 1.29 is 14.7 Å². The molecular formula is C13H22N2O3. The number of aliphatic carboxylic acids is 1. The third-order valence-electron chi connectivity index (χ3n) is 4.23. The monoisotopic (exact) mass is 254 g/mol. The topological polar surface area (TPSA) is 60.9 Å². The second-order valence-corrected chi connectivity index (χ2v) is 5.74. The van der Waals surface area contributed by atoms with Gasteiger partial charge in [0.15, 0.2) is 0 Å². The molecule has 0 aromatic heterocycles. The zero-order valence-electron chi connectivity index (χ0n) is 11.1. The van der Waals surface area contributed by atoms with Crippen LogP contribution in [0.3, 0.4) is 0 Å². The lowest BCUT2D eigenvalue weighted by atomic mass is 9.97. The fourth-order valence-electron chi connectivity index (χ4n) is 2.64. The van der Waals surface area contributed by atoms with Crippen molar-refractivity contribution in [1.82, 2.24) is 9.80 Å². The normalized spacial score (nSPS) is 28.0. The molecule has 2 amide bonds. The number of carboxylic acid groups (broad SMARTS) is 1. The average molecular weight is 254 g/mol. The summed E-state index contributed by atoms with van der Waals surface area (Å²) in [6.07, 6.45) is 2.38. The molecule has 2 aliphatic rings. The smallest absolute Gasteiger partial charge is 0.319 e. The molecule has 0 radical (unpaired) electrons. The molecule has 2 atom stereocenters. The second-order valence-electron chi connectivity index (χ2n) is 5.74. The Hall–Kier alpha value is -1.26. The first kappa shape index (κ1) is 13.2.